The van der Waals surface area contributed by atoms with Crippen molar-refractivity contribution in [1.29, 1.82) is 0 Å². The maximum Gasteiger partial charge on any atom is 0.274 e. The van der Waals surface area contributed by atoms with Gasteiger partial charge in [0.1, 0.15) is 5.69 Å². The number of halogens is 1. The standard InChI is InChI=1S/C21H20BrN3O/c1-24-10-3-4-14(9-11-24)25-21(26)17-6-2-5-16-15-8-7-13(22)12-18(15)20(23-25)19(16)17/h2,5-8,12,14H,3-4,9-11H2,1H3. The molecule has 3 aromatic rings. The van der Waals surface area contributed by atoms with Crippen LogP contribution >= 0.6 is 15.9 Å². The van der Waals surface area contributed by atoms with Crippen molar-refractivity contribution in [3.8, 4) is 22.4 Å². The van der Waals surface area contributed by atoms with Crippen molar-refractivity contribution < 1.29 is 0 Å². The Hall–Kier alpha value is -1.98. The molecule has 5 rings (SSSR count). The third kappa shape index (κ3) is 2.37. The van der Waals surface area contributed by atoms with Gasteiger partial charge in [0, 0.05) is 15.4 Å². The minimum Gasteiger partial charge on any atom is -0.306 e. The lowest BCUT2D eigenvalue weighted by Gasteiger charge is -2.18. The van der Waals surface area contributed by atoms with E-state index in [2.05, 4.69) is 52.1 Å². The Morgan fingerprint density at radius 2 is 1.96 bits per heavy atom. The summed E-state index contributed by atoms with van der Waals surface area (Å²) in [6.07, 6.45) is 3.08. The smallest absolute Gasteiger partial charge is 0.274 e. The number of likely N-dealkylation sites (tertiary alicyclic amines) is 1. The summed E-state index contributed by atoms with van der Waals surface area (Å²) in [5.41, 5.74) is 4.40. The first-order valence-corrected chi connectivity index (χ1v) is 9.97. The topological polar surface area (TPSA) is 38.1 Å². The largest absolute Gasteiger partial charge is 0.306 e. The van der Waals surface area contributed by atoms with Gasteiger partial charge in [-0.05, 0) is 68.7 Å². The van der Waals surface area contributed by atoms with E-state index < -0.39 is 0 Å². The maximum absolute atomic E-state index is 13.2. The fourth-order valence-corrected chi connectivity index (χ4v) is 4.75. The van der Waals surface area contributed by atoms with Crippen molar-refractivity contribution in [3.05, 3.63) is 51.2 Å². The summed E-state index contributed by atoms with van der Waals surface area (Å²) in [7, 11) is 2.15. The molecule has 1 fully saturated rings. The van der Waals surface area contributed by atoms with Crippen LogP contribution < -0.4 is 5.56 Å². The Balaban J connectivity index is 1.76. The van der Waals surface area contributed by atoms with Gasteiger partial charge in [-0.1, -0.05) is 34.1 Å². The quantitative estimate of drug-likeness (QED) is 0.465. The van der Waals surface area contributed by atoms with Gasteiger partial charge in [-0.3, -0.25) is 4.79 Å². The number of aromatic nitrogens is 2. The van der Waals surface area contributed by atoms with Gasteiger partial charge in [0.05, 0.1) is 11.4 Å². The summed E-state index contributed by atoms with van der Waals surface area (Å²) in [6.45, 7) is 2.10. The number of benzene rings is 2. The minimum absolute atomic E-state index is 0.0482. The fraction of sp³-hybridized carbons (Fsp3) is 0.333. The van der Waals surface area contributed by atoms with E-state index in [9.17, 15) is 4.79 Å². The van der Waals surface area contributed by atoms with Crippen molar-refractivity contribution in [2.45, 2.75) is 25.3 Å². The van der Waals surface area contributed by atoms with Crippen LogP contribution in [0.2, 0.25) is 0 Å². The third-order valence-corrected chi connectivity index (χ3v) is 6.23. The van der Waals surface area contributed by atoms with Gasteiger partial charge in [0.25, 0.3) is 5.56 Å². The number of hydrogen-bond acceptors (Lipinski definition) is 3. The molecule has 26 heavy (non-hydrogen) atoms. The highest BCUT2D eigenvalue weighted by atomic mass is 79.9. The first-order valence-electron chi connectivity index (χ1n) is 9.18. The van der Waals surface area contributed by atoms with Crippen molar-refractivity contribution in [3.63, 3.8) is 0 Å². The molecule has 1 aliphatic heterocycles. The van der Waals surface area contributed by atoms with Crippen molar-refractivity contribution in [2.24, 2.45) is 0 Å². The molecule has 2 aliphatic rings. The molecule has 0 bridgehead atoms. The Labute approximate surface area is 160 Å². The molecule has 2 heterocycles. The lowest BCUT2D eigenvalue weighted by molar-refractivity contribution is 0.334. The molecular formula is C21H20BrN3O. The Bertz CT molecular complexity index is 1090. The average molecular weight is 410 g/mol. The lowest BCUT2D eigenvalue weighted by atomic mass is 10.0. The third-order valence-electron chi connectivity index (χ3n) is 5.74. The first-order chi connectivity index (χ1) is 12.6. The Kier molecular flexibility index (Phi) is 3.76. The predicted molar refractivity (Wildman–Crippen MR) is 109 cm³/mol. The number of hydrogen-bond donors (Lipinski definition) is 0. The summed E-state index contributed by atoms with van der Waals surface area (Å²) >= 11 is 3.58. The Morgan fingerprint density at radius 1 is 1.08 bits per heavy atom. The van der Waals surface area contributed by atoms with E-state index in [0.29, 0.717) is 0 Å². The molecule has 0 radical (unpaired) electrons. The molecular weight excluding hydrogens is 390 g/mol. The van der Waals surface area contributed by atoms with Crippen LogP contribution in [0.4, 0.5) is 0 Å². The molecule has 1 saturated heterocycles. The van der Waals surface area contributed by atoms with Gasteiger partial charge in [-0.25, -0.2) is 4.68 Å². The van der Waals surface area contributed by atoms with Gasteiger partial charge in [0.15, 0.2) is 0 Å². The molecule has 1 atom stereocenters. The van der Waals surface area contributed by atoms with Crippen LogP contribution in [0.1, 0.15) is 25.3 Å². The van der Waals surface area contributed by atoms with Crippen molar-refractivity contribution >= 4 is 26.7 Å². The zero-order valence-electron chi connectivity index (χ0n) is 14.7. The van der Waals surface area contributed by atoms with Gasteiger partial charge in [-0.15, -0.1) is 0 Å². The lowest BCUT2D eigenvalue weighted by Crippen LogP contribution is -2.28. The first kappa shape index (κ1) is 16.2. The van der Waals surface area contributed by atoms with Crippen molar-refractivity contribution in [2.75, 3.05) is 20.1 Å². The van der Waals surface area contributed by atoms with E-state index in [1.165, 1.54) is 5.56 Å². The molecule has 1 aromatic heterocycles. The van der Waals surface area contributed by atoms with Crippen LogP contribution in [0, 0.1) is 0 Å². The molecule has 0 saturated carbocycles. The minimum atomic E-state index is 0.0482. The summed E-state index contributed by atoms with van der Waals surface area (Å²) in [5.74, 6) is 0. The summed E-state index contributed by atoms with van der Waals surface area (Å²) in [4.78, 5) is 15.6. The van der Waals surface area contributed by atoms with Crippen LogP contribution in [0.25, 0.3) is 33.2 Å². The van der Waals surface area contributed by atoms with E-state index in [-0.39, 0.29) is 11.6 Å². The molecule has 132 valence electrons. The van der Waals surface area contributed by atoms with Crippen LogP contribution in [-0.2, 0) is 0 Å². The van der Waals surface area contributed by atoms with Crippen LogP contribution in [0.15, 0.2) is 45.7 Å². The fourth-order valence-electron chi connectivity index (χ4n) is 4.39. The molecule has 0 amide bonds. The summed E-state index contributed by atoms with van der Waals surface area (Å²) < 4.78 is 2.81. The molecule has 2 aromatic carbocycles. The second-order valence-electron chi connectivity index (χ2n) is 7.40. The monoisotopic (exact) mass is 409 g/mol. The van der Waals surface area contributed by atoms with Crippen LogP contribution in [0.5, 0.6) is 0 Å². The van der Waals surface area contributed by atoms with Gasteiger partial charge < -0.3 is 4.90 Å². The number of fused-ring (bicyclic) bond motifs is 3. The maximum atomic E-state index is 13.2. The number of rotatable bonds is 1. The van der Waals surface area contributed by atoms with E-state index in [0.717, 1.165) is 64.4 Å². The van der Waals surface area contributed by atoms with E-state index in [1.54, 1.807) is 4.68 Å². The van der Waals surface area contributed by atoms with E-state index in [1.807, 2.05) is 12.1 Å². The van der Waals surface area contributed by atoms with Crippen LogP contribution in [-0.4, -0.2) is 34.8 Å². The molecule has 0 N–H and O–H groups in total. The molecule has 5 heteroatoms. The predicted octanol–water partition coefficient (Wildman–Crippen LogP) is 4.46. The SMILES string of the molecule is CN1CCCC(n2nc3c4c(cccc4c2=O)-c2ccc(Br)cc2-3)CC1. The molecule has 0 spiro atoms. The molecule has 1 aliphatic carbocycles. The molecule has 1 unspecified atom stereocenters. The molecule has 4 nitrogen and oxygen atoms in total. The summed E-state index contributed by atoms with van der Waals surface area (Å²) in [5, 5.41) is 6.70. The van der Waals surface area contributed by atoms with Gasteiger partial charge in [0.2, 0.25) is 0 Å². The normalized spacial score (nSPS) is 19.5. The van der Waals surface area contributed by atoms with Gasteiger partial charge >= 0.3 is 0 Å². The highest BCUT2D eigenvalue weighted by Gasteiger charge is 2.27. The highest BCUT2D eigenvalue weighted by molar-refractivity contribution is 9.10. The highest BCUT2D eigenvalue weighted by Crippen LogP contribution is 2.46. The Morgan fingerprint density at radius 3 is 2.85 bits per heavy atom. The zero-order valence-corrected chi connectivity index (χ0v) is 16.3. The summed E-state index contributed by atoms with van der Waals surface area (Å²) in [6, 6.07) is 12.5. The second kappa shape index (κ2) is 6.03. The van der Waals surface area contributed by atoms with Gasteiger partial charge in [-0.2, -0.15) is 5.10 Å². The zero-order chi connectivity index (χ0) is 17.8. The van der Waals surface area contributed by atoms with E-state index in [4.69, 9.17) is 5.10 Å². The second-order valence-corrected chi connectivity index (χ2v) is 8.32. The van der Waals surface area contributed by atoms with E-state index >= 15 is 0 Å². The number of nitrogens with zero attached hydrogens (tertiary/aromatic N) is 3. The van der Waals surface area contributed by atoms with Crippen LogP contribution in [0.3, 0.4) is 0 Å². The van der Waals surface area contributed by atoms with Crippen molar-refractivity contribution in [1.82, 2.24) is 14.7 Å². The average Bonchev–Trinajstić information content (AvgIpc) is 2.79.